The lowest BCUT2D eigenvalue weighted by atomic mass is 9.95. The smallest absolute Gasteiger partial charge is 0.163 e. The van der Waals surface area contributed by atoms with Gasteiger partial charge in [0.05, 0.1) is 5.52 Å². The molecule has 0 saturated heterocycles. The lowest BCUT2D eigenvalue weighted by molar-refractivity contribution is 0.0994. The van der Waals surface area contributed by atoms with E-state index in [1.54, 1.807) is 0 Å². The average molecular weight is 273 g/mol. The number of aromatic nitrogens is 1. The Labute approximate surface area is 123 Å². The highest BCUT2D eigenvalue weighted by molar-refractivity contribution is 6.00. The van der Waals surface area contributed by atoms with Crippen LogP contribution in [0.15, 0.2) is 54.7 Å². The topological polar surface area (TPSA) is 30.0 Å². The molecular weight excluding hydrogens is 258 g/mol. The fraction of sp³-hybridized carbons (Fsp3) is 0.158. The van der Waals surface area contributed by atoms with Crippen LogP contribution in [-0.4, -0.2) is 10.8 Å². The molecule has 0 fully saturated rings. The molecule has 1 aliphatic rings. The van der Waals surface area contributed by atoms with Crippen LogP contribution in [0.4, 0.5) is 0 Å². The number of hydrogen-bond acceptors (Lipinski definition) is 2. The van der Waals surface area contributed by atoms with Crippen molar-refractivity contribution in [1.82, 2.24) is 4.98 Å². The highest BCUT2D eigenvalue weighted by Crippen LogP contribution is 2.28. The zero-order valence-electron chi connectivity index (χ0n) is 11.7. The number of Topliss-reactive ketones (excluding diaryl/α,β-unsaturated/α-hetero) is 1. The van der Waals surface area contributed by atoms with Gasteiger partial charge in [0.2, 0.25) is 0 Å². The van der Waals surface area contributed by atoms with Crippen molar-refractivity contribution in [3.8, 4) is 0 Å². The van der Waals surface area contributed by atoms with E-state index in [1.165, 1.54) is 22.1 Å². The average Bonchev–Trinajstić information content (AvgIpc) is 2.90. The van der Waals surface area contributed by atoms with Crippen molar-refractivity contribution in [3.05, 3.63) is 77.0 Å². The van der Waals surface area contributed by atoms with Gasteiger partial charge in [-0.3, -0.25) is 9.78 Å². The predicted molar refractivity (Wildman–Crippen MR) is 83.6 cm³/mol. The van der Waals surface area contributed by atoms with Crippen molar-refractivity contribution in [2.45, 2.75) is 19.3 Å². The van der Waals surface area contributed by atoms with E-state index in [0.717, 1.165) is 23.9 Å². The minimum absolute atomic E-state index is 0.284. The molecule has 0 unspecified atom stereocenters. The first-order valence-electron chi connectivity index (χ1n) is 7.29. The maximum Gasteiger partial charge on any atom is 0.163 e. The molecule has 0 saturated carbocycles. The Morgan fingerprint density at radius 2 is 1.81 bits per heavy atom. The third kappa shape index (κ3) is 2.04. The Kier molecular flexibility index (Phi) is 2.81. The molecule has 2 heteroatoms. The largest absolute Gasteiger partial charge is 0.294 e. The summed E-state index contributed by atoms with van der Waals surface area (Å²) in [4.78, 5) is 16.3. The molecule has 1 aliphatic carbocycles. The van der Waals surface area contributed by atoms with E-state index >= 15 is 0 Å². The van der Waals surface area contributed by atoms with Crippen molar-refractivity contribution >= 4 is 16.7 Å². The van der Waals surface area contributed by atoms with Gasteiger partial charge in [-0.1, -0.05) is 36.4 Å². The predicted octanol–water partition coefficient (Wildman–Crippen LogP) is 3.95. The molecule has 0 aliphatic heterocycles. The molecule has 0 atom stereocenters. The van der Waals surface area contributed by atoms with Gasteiger partial charge in [0.25, 0.3) is 0 Å². The van der Waals surface area contributed by atoms with Gasteiger partial charge >= 0.3 is 0 Å². The van der Waals surface area contributed by atoms with E-state index in [0.29, 0.717) is 6.42 Å². The van der Waals surface area contributed by atoms with Gasteiger partial charge in [-0.15, -0.1) is 0 Å². The first kappa shape index (κ1) is 12.3. The second kappa shape index (κ2) is 4.81. The Morgan fingerprint density at radius 1 is 0.905 bits per heavy atom. The molecule has 102 valence electrons. The van der Waals surface area contributed by atoms with Crippen molar-refractivity contribution in [1.29, 1.82) is 0 Å². The van der Waals surface area contributed by atoms with Crippen LogP contribution in [0.2, 0.25) is 0 Å². The van der Waals surface area contributed by atoms with Crippen molar-refractivity contribution in [3.63, 3.8) is 0 Å². The second-order valence-corrected chi connectivity index (χ2v) is 5.53. The third-order valence-electron chi connectivity index (χ3n) is 4.30. The first-order chi connectivity index (χ1) is 10.3. The summed E-state index contributed by atoms with van der Waals surface area (Å²) in [5.74, 6) is 0.284. The number of pyridine rings is 1. The number of benzene rings is 2. The van der Waals surface area contributed by atoms with Crippen LogP contribution in [0.5, 0.6) is 0 Å². The van der Waals surface area contributed by atoms with Crippen LogP contribution >= 0.6 is 0 Å². The molecule has 21 heavy (non-hydrogen) atoms. The van der Waals surface area contributed by atoms with E-state index in [9.17, 15) is 4.79 Å². The lowest BCUT2D eigenvalue weighted by Crippen LogP contribution is -1.97. The van der Waals surface area contributed by atoms with E-state index in [2.05, 4.69) is 23.2 Å². The SMILES string of the molecule is O=C1CCc2c(Cc3ccnc4ccccc34)cccc21. The number of carbonyl (C=O) groups excluding carboxylic acids is 1. The fourth-order valence-corrected chi connectivity index (χ4v) is 3.24. The zero-order valence-corrected chi connectivity index (χ0v) is 11.7. The number of para-hydroxylation sites is 1. The molecule has 1 heterocycles. The van der Waals surface area contributed by atoms with E-state index in [1.807, 2.05) is 36.5 Å². The van der Waals surface area contributed by atoms with Gasteiger partial charge in [-0.05, 0) is 41.7 Å². The van der Waals surface area contributed by atoms with Gasteiger partial charge in [0.1, 0.15) is 0 Å². The Hall–Kier alpha value is -2.48. The molecule has 4 rings (SSSR count). The highest BCUT2D eigenvalue weighted by Gasteiger charge is 2.21. The summed E-state index contributed by atoms with van der Waals surface area (Å²) in [5.41, 5.74) is 5.73. The monoisotopic (exact) mass is 273 g/mol. The minimum Gasteiger partial charge on any atom is -0.294 e. The lowest BCUT2D eigenvalue weighted by Gasteiger charge is -2.10. The summed E-state index contributed by atoms with van der Waals surface area (Å²) < 4.78 is 0. The Balaban J connectivity index is 1.81. The van der Waals surface area contributed by atoms with Crippen molar-refractivity contribution < 1.29 is 4.79 Å². The first-order valence-corrected chi connectivity index (χ1v) is 7.29. The molecule has 3 aromatic rings. The van der Waals surface area contributed by atoms with E-state index in [-0.39, 0.29) is 5.78 Å². The maximum atomic E-state index is 11.9. The van der Waals surface area contributed by atoms with Crippen LogP contribution < -0.4 is 0 Å². The fourth-order valence-electron chi connectivity index (χ4n) is 3.24. The summed E-state index contributed by atoms with van der Waals surface area (Å²) in [6.07, 6.45) is 4.27. The zero-order chi connectivity index (χ0) is 14.2. The standard InChI is InChI=1S/C19H15NO/c21-19-9-8-15-13(4-3-6-17(15)19)12-14-10-11-20-18-7-2-1-5-16(14)18/h1-7,10-11H,8-9,12H2. The molecule has 2 nitrogen and oxygen atoms in total. The summed E-state index contributed by atoms with van der Waals surface area (Å²) in [6, 6.07) is 16.4. The van der Waals surface area contributed by atoms with Gasteiger partial charge in [0.15, 0.2) is 5.78 Å². The molecule has 0 radical (unpaired) electrons. The van der Waals surface area contributed by atoms with Gasteiger partial charge in [0, 0.05) is 23.6 Å². The molecule has 2 aromatic carbocycles. The quantitative estimate of drug-likeness (QED) is 0.707. The van der Waals surface area contributed by atoms with E-state index < -0.39 is 0 Å². The van der Waals surface area contributed by atoms with E-state index in [4.69, 9.17) is 0 Å². The number of ketones is 1. The number of carbonyl (C=O) groups is 1. The third-order valence-corrected chi connectivity index (χ3v) is 4.30. The summed E-state index contributed by atoms with van der Waals surface area (Å²) in [6.45, 7) is 0. The summed E-state index contributed by atoms with van der Waals surface area (Å²) in [7, 11) is 0. The van der Waals surface area contributed by atoms with Crippen LogP contribution in [-0.2, 0) is 12.8 Å². The number of rotatable bonds is 2. The molecule has 1 aromatic heterocycles. The van der Waals surface area contributed by atoms with Crippen molar-refractivity contribution in [2.75, 3.05) is 0 Å². The molecular formula is C19H15NO. The van der Waals surface area contributed by atoms with Gasteiger partial charge in [-0.2, -0.15) is 0 Å². The number of fused-ring (bicyclic) bond motifs is 2. The normalized spacial score (nSPS) is 13.6. The molecule has 0 amide bonds. The van der Waals surface area contributed by atoms with Gasteiger partial charge < -0.3 is 0 Å². The number of nitrogens with zero attached hydrogens (tertiary/aromatic N) is 1. The number of hydrogen-bond donors (Lipinski definition) is 0. The Morgan fingerprint density at radius 3 is 2.76 bits per heavy atom. The molecule has 0 bridgehead atoms. The van der Waals surface area contributed by atoms with Gasteiger partial charge in [-0.25, -0.2) is 0 Å². The van der Waals surface area contributed by atoms with Crippen LogP contribution in [0.1, 0.15) is 33.5 Å². The van der Waals surface area contributed by atoms with Crippen molar-refractivity contribution in [2.24, 2.45) is 0 Å². The minimum atomic E-state index is 0.284. The maximum absolute atomic E-state index is 11.9. The molecule has 0 spiro atoms. The molecule has 0 N–H and O–H groups in total. The van der Waals surface area contributed by atoms with Crippen LogP contribution in [0, 0.1) is 0 Å². The van der Waals surface area contributed by atoms with Crippen LogP contribution in [0.25, 0.3) is 10.9 Å². The summed E-state index contributed by atoms with van der Waals surface area (Å²) >= 11 is 0. The Bertz CT molecular complexity index is 846. The van der Waals surface area contributed by atoms with Crippen LogP contribution in [0.3, 0.4) is 0 Å². The summed E-state index contributed by atoms with van der Waals surface area (Å²) in [5, 5.41) is 1.20. The highest BCUT2D eigenvalue weighted by atomic mass is 16.1. The second-order valence-electron chi connectivity index (χ2n) is 5.53.